The van der Waals surface area contributed by atoms with Crippen LogP contribution in [0.1, 0.15) is 19.3 Å². The van der Waals surface area contributed by atoms with Crippen LogP contribution in [0.4, 0.5) is 11.4 Å². The van der Waals surface area contributed by atoms with Crippen LogP contribution in [0.2, 0.25) is 5.02 Å². The highest BCUT2D eigenvalue weighted by Crippen LogP contribution is 2.35. The van der Waals surface area contributed by atoms with Crippen molar-refractivity contribution in [2.24, 2.45) is 11.8 Å². The van der Waals surface area contributed by atoms with Gasteiger partial charge in [0.15, 0.2) is 0 Å². The van der Waals surface area contributed by atoms with Gasteiger partial charge in [-0.1, -0.05) is 24.1 Å². The fourth-order valence-corrected chi connectivity index (χ4v) is 2.93. The molecule has 0 saturated heterocycles. The minimum absolute atomic E-state index is 0.00829. The first-order valence-electron chi connectivity index (χ1n) is 6.41. The zero-order chi connectivity index (χ0) is 13.8. The average Bonchev–Trinajstić information content (AvgIpc) is 2.84. The zero-order valence-corrected chi connectivity index (χ0v) is 11.3. The number of nitro groups is 1. The third-order valence-electron chi connectivity index (χ3n) is 3.78. The van der Waals surface area contributed by atoms with Gasteiger partial charge in [0.1, 0.15) is 5.69 Å². The van der Waals surface area contributed by atoms with Gasteiger partial charge < -0.3 is 10.4 Å². The van der Waals surface area contributed by atoms with Gasteiger partial charge in [-0.15, -0.1) is 0 Å². The molecular weight excluding hydrogens is 268 g/mol. The Bertz CT molecular complexity index is 467. The van der Waals surface area contributed by atoms with Crippen LogP contribution in [-0.2, 0) is 0 Å². The number of nitro benzene ring substituents is 1. The van der Waals surface area contributed by atoms with E-state index in [9.17, 15) is 15.2 Å². The summed E-state index contributed by atoms with van der Waals surface area (Å²) in [6.07, 6.45) is 3.16. The van der Waals surface area contributed by atoms with Crippen molar-refractivity contribution in [2.45, 2.75) is 19.3 Å². The first-order valence-corrected chi connectivity index (χ1v) is 6.79. The maximum atomic E-state index is 11.0. The topological polar surface area (TPSA) is 75.4 Å². The van der Waals surface area contributed by atoms with Crippen LogP contribution in [0.25, 0.3) is 0 Å². The second-order valence-electron chi connectivity index (χ2n) is 4.91. The van der Waals surface area contributed by atoms with E-state index in [4.69, 9.17) is 11.6 Å². The third kappa shape index (κ3) is 3.16. The number of para-hydroxylation sites is 1. The number of benzene rings is 1. The van der Waals surface area contributed by atoms with Crippen molar-refractivity contribution in [3.63, 3.8) is 0 Å². The quantitative estimate of drug-likeness (QED) is 0.643. The maximum Gasteiger partial charge on any atom is 0.293 e. The third-order valence-corrected chi connectivity index (χ3v) is 4.10. The molecule has 0 amide bonds. The number of hydrogen-bond acceptors (Lipinski definition) is 4. The molecule has 1 aliphatic carbocycles. The van der Waals surface area contributed by atoms with E-state index in [1.54, 1.807) is 12.1 Å². The zero-order valence-electron chi connectivity index (χ0n) is 10.5. The maximum absolute atomic E-state index is 11.0. The van der Waals surface area contributed by atoms with Gasteiger partial charge in [0.25, 0.3) is 5.69 Å². The van der Waals surface area contributed by atoms with Crippen LogP contribution in [0.5, 0.6) is 0 Å². The van der Waals surface area contributed by atoms with E-state index >= 15 is 0 Å². The van der Waals surface area contributed by atoms with Crippen molar-refractivity contribution in [3.05, 3.63) is 33.3 Å². The average molecular weight is 285 g/mol. The summed E-state index contributed by atoms with van der Waals surface area (Å²) in [5, 5.41) is 23.7. The molecule has 0 spiro atoms. The molecule has 2 atom stereocenters. The molecule has 6 heteroatoms. The van der Waals surface area contributed by atoms with Gasteiger partial charge >= 0.3 is 0 Å². The van der Waals surface area contributed by atoms with E-state index in [1.165, 1.54) is 6.07 Å². The van der Waals surface area contributed by atoms with E-state index in [2.05, 4.69) is 5.32 Å². The summed E-state index contributed by atoms with van der Waals surface area (Å²) < 4.78 is 0. The lowest BCUT2D eigenvalue weighted by molar-refractivity contribution is -0.383. The van der Waals surface area contributed by atoms with Gasteiger partial charge in [0.2, 0.25) is 0 Å². The number of rotatable bonds is 5. The summed E-state index contributed by atoms with van der Waals surface area (Å²) in [5.74, 6) is 0.634. The van der Waals surface area contributed by atoms with Crippen LogP contribution in [0, 0.1) is 22.0 Å². The van der Waals surface area contributed by atoms with Crippen molar-refractivity contribution in [3.8, 4) is 0 Å². The fraction of sp³-hybridized carbons (Fsp3) is 0.538. The predicted molar refractivity (Wildman–Crippen MR) is 74.5 cm³/mol. The first kappa shape index (κ1) is 14.1. The Kier molecular flexibility index (Phi) is 4.61. The Morgan fingerprint density at radius 2 is 2.16 bits per heavy atom. The molecular formula is C13H17ClN2O3. The lowest BCUT2D eigenvalue weighted by atomic mass is 9.97. The van der Waals surface area contributed by atoms with Crippen molar-refractivity contribution in [1.29, 1.82) is 0 Å². The Labute approximate surface area is 116 Å². The summed E-state index contributed by atoms with van der Waals surface area (Å²) >= 11 is 6.01. The monoisotopic (exact) mass is 284 g/mol. The van der Waals surface area contributed by atoms with Gasteiger partial charge in [-0.3, -0.25) is 10.1 Å². The highest BCUT2D eigenvalue weighted by atomic mass is 35.5. The van der Waals surface area contributed by atoms with Crippen LogP contribution in [0.15, 0.2) is 18.2 Å². The van der Waals surface area contributed by atoms with Gasteiger partial charge in [0, 0.05) is 19.2 Å². The van der Waals surface area contributed by atoms with E-state index < -0.39 is 4.92 Å². The van der Waals surface area contributed by atoms with Crippen molar-refractivity contribution in [1.82, 2.24) is 0 Å². The molecule has 2 N–H and O–H groups in total. The molecule has 1 aromatic rings. The van der Waals surface area contributed by atoms with Crippen molar-refractivity contribution in [2.75, 3.05) is 18.5 Å². The molecule has 1 saturated carbocycles. The number of anilines is 1. The summed E-state index contributed by atoms with van der Waals surface area (Å²) in [6.45, 7) is 0.784. The lowest BCUT2D eigenvalue weighted by Crippen LogP contribution is -2.21. The molecule has 1 fully saturated rings. The molecule has 5 nitrogen and oxygen atoms in total. The molecule has 0 aromatic heterocycles. The summed E-state index contributed by atoms with van der Waals surface area (Å²) in [5.41, 5.74) is 0.365. The Hall–Kier alpha value is -1.33. The first-order chi connectivity index (χ1) is 9.13. The van der Waals surface area contributed by atoms with Gasteiger partial charge in [-0.25, -0.2) is 0 Å². The Morgan fingerprint density at radius 1 is 1.42 bits per heavy atom. The van der Waals surface area contributed by atoms with Crippen LogP contribution in [-0.4, -0.2) is 23.2 Å². The normalized spacial score (nSPS) is 22.4. The van der Waals surface area contributed by atoms with E-state index in [-0.39, 0.29) is 18.2 Å². The Morgan fingerprint density at radius 3 is 2.84 bits per heavy atom. The molecule has 0 heterocycles. The van der Waals surface area contributed by atoms with Crippen molar-refractivity contribution < 1.29 is 10.0 Å². The highest BCUT2D eigenvalue weighted by molar-refractivity contribution is 6.33. The van der Waals surface area contributed by atoms with Crippen LogP contribution >= 0.6 is 11.6 Å². The second kappa shape index (κ2) is 6.21. The number of nitrogens with zero attached hydrogens (tertiary/aromatic N) is 1. The van der Waals surface area contributed by atoms with Crippen molar-refractivity contribution >= 4 is 23.0 Å². The van der Waals surface area contributed by atoms with Gasteiger partial charge in [0.05, 0.1) is 9.95 Å². The number of aliphatic hydroxyl groups excluding tert-OH is 1. The molecule has 0 aliphatic heterocycles. The molecule has 1 aromatic carbocycles. The Balaban J connectivity index is 2.09. The van der Waals surface area contributed by atoms with Gasteiger partial charge in [-0.05, 0) is 30.7 Å². The fourth-order valence-electron chi connectivity index (χ4n) is 2.70. The number of aliphatic hydroxyl groups is 1. The second-order valence-corrected chi connectivity index (χ2v) is 5.31. The minimum Gasteiger partial charge on any atom is -0.396 e. The molecule has 2 unspecified atom stereocenters. The highest BCUT2D eigenvalue weighted by Gasteiger charge is 2.27. The van der Waals surface area contributed by atoms with Gasteiger partial charge in [-0.2, -0.15) is 0 Å². The number of halogens is 1. The summed E-state index contributed by atoms with van der Waals surface area (Å²) in [7, 11) is 0. The lowest BCUT2D eigenvalue weighted by Gasteiger charge is -2.18. The molecule has 0 bridgehead atoms. The predicted octanol–water partition coefficient (Wildman–Crippen LogP) is 3.07. The standard InChI is InChI=1S/C13H17ClN2O3/c14-11-5-2-6-12(16(18)19)13(11)15-7-9-3-1-4-10(9)8-17/h2,5-6,9-10,15,17H,1,3-4,7-8H2. The molecule has 2 rings (SSSR count). The largest absolute Gasteiger partial charge is 0.396 e. The SMILES string of the molecule is O=[N+]([O-])c1cccc(Cl)c1NCC1CCCC1CO. The van der Waals surface area contributed by atoms with E-state index in [0.717, 1.165) is 19.3 Å². The number of nitrogens with one attached hydrogen (secondary N) is 1. The summed E-state index contributed by atoms with van der Waals surface area (Å²) in [4.78, 5) is 10.5. The smallest absolute Gasteiger partial charge is 0.293 e. The van der Waals surface area contributed by atoms with E-state index in [1.807, 2.05) is 0 Å². The molecule has 0 radical (unpaired) electrons. The summed E-state index contributed by atoms with van der Waals surface area (Å²) in [6, 6.07) is 4.64. The molecule has 104 valence electrons. The number of hydrogen-bond donors (Lipinski definition) is 2. The van der Waals surface area contributed by atoms with Crippen LogP contribution < -0.4 is 5.32 Å². The van der Waals surface area contributed by atoms with E-state index in [0.29, 0.717) is 23.2 Å². The minimum atomic E-state index is -0.438. The molecule has 19 heavy (non-hydrogen) atoms. The molecule has 1 aliphatic rings. The van der Waals surface area contributed by atoms with Crippen LogP contribution in [0.3, 0.4) is 0 Å².